The third-order valence-electron chi connectivity index (χ3n) is 3.99. The summed E-state index contributed by atoms with van der Waals surface area (Å²) in [7, 11) is 0. The largest absolute Gasteiger partial charge is 0.303 e. The Bertz CT molecular complexity index is 666. The van der Waals surface area contributed by atoms with Crippen molar-refractivity contribution in [2.24, 2.45) is 0 Å². The molecule has 7 heteroatoms. The molecule has 0 saturated heterocycles. The predicted octanol–water partition coefficient (Wildman–Crippen LogP) is 4.35. The molecule has 136 valence electrons. The molecule has 5 nitrogen and oxygen atoms in total. The lowest BCUT2D eigenvalue weighted by Gasteiger charge is -2.16. The number of benzene rings is 1. The van der Waals surface area contributed by atoms with E-state index in [4.69, 9.17) is 0 Å². The van der Waals surface area contributed by atoms with Crippen LogP contribution in [-0.2, 0) is 0 Å². The van der Waals surface area contributed by atoms with Crippen molar-refractivity contribution in [2.45, 2.75) is 38.0 Å². The van der Waals surface area contributed by atoms with Crippen LogP contribution in [0, 0.1) is 0 Å². The highest BCUT2D eigenvalue weighted by molar-refractivity contribution is 8.01. The number of aromatic nitrogens is 2. The van der Waals surface area contributed by atoms with E-state index in [1.54, 1.807) is 11.8 Å². The van der Waals surface area contributed by atoms with E-state index in [9.17, 15) is 4.79 Å². The Kier molecular flexibility index (Phi) is 7.87. The van der Waals surface area contributed by atoms with Crippen LogP contribution >= 0.6 is 23.1 Å². The van der Waals surface area contributed by atoms with Crippen molar-refractivity contribution in [2.75, 3.05) is 30.7 Å². The van der Waals surface area contributed by atoms with Crippen LogP contribution in [0.4, 0.5) is 5.13 Å². The van der Waals surface area contributed by atoms with Crippen LogP contribution in [-0.4, -0.2) is 46.4 Å². The van der Waals surface area contributed by atoms with Gasteiger partial charge in [0.2, 0.25) is 5.13 Å². The zero-order valence-electron chi connectivity index (χ0n) is 15.3. The third kappa shape index (κ3) is 6.09. The first-order valence-corrected chi connectivity index (χ1v) is 10.4. The topological polar surface area (TPSA) is 58.1 Å². The van der Waals surface area contributed by atoms with Crippen molar-refractivity contribution in [3.8, 4) is 0 Å². The van der Waals surface area contributed by atoms with Gasteiger partial charge in [0.05, 0.1) is 0 Å². The van der Waals surface area contributed by atoms with E-state index in [1.165, 1.54) is 16.9 Å². The smallest absolute Gasteiger partial charge is 0.257 e. The monoisotopic (exact) mass is 378 g/mol. The molecule has 0 aliphatic carbocycles. The van der Waals surface area contributed by atoms with Gasteiger partial charge in [-0.15, -0.1) is 10.2 Å². The van der Waals surface area contributed by atoms with E-state index in [0.717, 1.165) is 29.7 Å². The summed E-state index contributed by atoms with van der Waals surface area (Å²) in [6, 6.07) is 7.69. The van der Waals surface area contributed by atoms with E-state index in [0.29, 0.717) is 16.6 Å². The minimum Gasteiger partial charge on any atom is -0.303 e. The molecule has 1 amide bonds. The van der Waals surface area contributed by atoms with Gasteiger partial charge in [-0.25, -0.2) is 0 Å². The Balaban J connectivity index is 1.86. The number of rotatable bonds is 9. The van der Waals surface area contributed by atoms with Crippen LogP contribution in [0.3, 0.4) is 0 Å². The first-order valence-electron chi connectivity index (χ1n) is 8.63. The highest BCUT2D eigenvalue weighted by Crippen LogP contribution is 2.26. The fraction of sp³-hybridized carbons (Fsp3) is 0.500. The molecule has 0 fully saturated rings. The van der Waals surface area contributed by atoms with E-state index < -0.39 is 0 Å². The maximum absolute atomic E-state index is 12.3. The SMILES string of the molecule is CCN(CC)CCSc1nnc(NC(=O)c2ccc(C(C)C)cc2)s1. The molecule has 0 aliphatic heterocycles. The molecule has 1 N–H and O–H groups in total. The molecule has 0 saturated carbocycles. The summed E-state index contributed by atoms with van der Waals surface area (Å²) in [5, 5.41) is 11.6. The number of nitrogens with one attached hydrogen (secondary N) is 1. The molecule has 25 heavy (non-hydrogen) atoms. The number of anilines is 1. The van der Waals surface area contributed by atoms with Crippen LogP contribution in [0.15, 0.2) is 28.6 Å². The summed E-state index contributed by atoms with van der Waals surface area (Å²) < 4.78 is 0.887. The average Bonchev–Trinajstić information content (AvgIpc) is 3.06. The van der Waals surface area contributed by atoms with Gasteiger partial charge in [-0.2, -0.15) is 0 Å². The van der Waals surface area contributed by atoms with Crippen molar-refractivity contribution < 1.29 is 4.79 Å². The van der Waals surface area contributed by atoms with Gasteiger partial charge >= 0.3 is 0 Å². The van der Waals surface area contributed by atoms with Crippen LogP contribution in [0.5, 0.6) is 0 Å². The van der Waals surface area contributed by atoms with Gasteiger partial charge in [0.1, 0.15) is 0 Å². The molecule has 0 atom stereocenters. The first-order chi connectivity index (χ1) is 12.0. The maximum atomic E-state index is 12.3. The second-order valence-electron chi connectivity index (χ2n) is 5.98. The van der Waals surface area contributed by atoms with E-state index in [-0.39, 0.29) is 5.91 Å². The molecule has 0 unspecified atom stereocenters. The van der Waals surface area contributed by atoms with Gasteiger partial charge in [0, 0.05) is 17.9 Å². The molecule has 0 aliphatic rings. The highest BCUT2D eigenvalue weighted by atomic mass is 32.2. The Labute approximate surface area is 158 Å². The summed E-state index contributed by atoms with van der Waals surface area (Å²) in [6.07, 6.45) is 0. The average molecular weight is 379 g/mol. The van der Waals surface area contributed by atoms with Crippen molar-refractivity contribution >= 4 is 34.1 Å². The Morgan fingerprint density at radius 1 is 1.20 bits per heavy atom. The van der Waals surface area contributed by atoms with Crippen LogP contribution < -0.4 is 5.32 Å². The lowest BCUT2D eigenvalue weighted by atomic mass is 10.0. The molecular weight excluding hydrogens is 352 g/mol. The van der Waals surface area contributed by atoms with Crippen molar-refractivity contribution in [3.05, 3.63) is 35.4 Å². The summed E-state index contributed by atoms with van der Waals surface area (Å²) in [5.41, 5.74) is 1.86. The summed E-state index contributed by atoms with van der Waals surface area (Å²) >= 11 is 3.10. The van der Waals surface area contributed by atoms with Gasteiger partial charge in [0.25, 0.3) is 5.91 Å². The number of nitrogens with zero attached hydrogens (tertiary/aromatic N) is 3. The number of thioether (sulfide) groups is 1. The van der Waals surface area contributed by atoms with Gasteiger partial charge < -0.3 is 4.90 Å². The van der Waals surface area contributed by atoms with Crippen LogP contribution in [0.1, 0.15) is 49.5 Å². The maximum Gasteiger partial charge on any atom is 0.257 e. The number of hydrogen-bond acceptors (Lipinski definition) is 6. The zero-order chi connectivity index (χ0) is 18.2. The fourth-order valence-electron chi connectivity index (χ4n) is 2.31. The first kappa shape index (κ1) is 19.9. The second-order valence-corrected chi connectivity index (χ2v) is 8.30. The number of carbonyl (C=O) groups excluding carboxylic acids is 1. The Morgan fingerprint density at radius 2 is 1.88 bits per heavy atom. The van der Waals surface area contributed by atoms with Gasteiger partial charge in [-0.05, 0) is 36.7 Å². The Morgan fingerprint density at radius 3 is 2.48 bits per heavy atom. The number of carbonyl (C=O) groups is 1. The molecule has 0 radical (unpaired) electrons. The third-order valence-corrected chi connectivity index (χ3v) is 5.95. The Hall–Kier alpha value is -1.44. The van der Waals surface area contributed by atoms with Crippen molar-refractivity contribution in [1.82, 2.24) is 15.1 Å². The summed E-state index contributed by atoms with van der Waals surface area (Å²) in [5.74, 6) is 1.28. The van der Waals surface area contributed by atoms with E-state index in [1.807, 2.05) is 24.3 Å². The molecular formula is C18H26N4OS2. The molecule has 1 aromatic carbocycles. The summed E-state index contributed by atoms with van der Waals surface area (Å²) in [6.45, 7) is 11.8. The van der Waals surface area contributed by atoms with Crippen LogP contribution in [0.2, 0.25) is 0 Å². The van der Waals surface area contributed by atoms with Crippen molar-refractivity contribution in [1.29, 1.82) is 0 Å². The predicted molar refractivity (Wildman–Crippen MR) is 107 cm³/mol. The van der Waals surface area contributed by atoms with Gasteiger partial charge in [-0.1, -0.05) is 62.9 Å². The number of amides is 1. The van der Waals surface area contributed by atoms with Gasteiger partial charge in [0.15, 0.2) is 4.34 Å². The molecule has 2 rings (SSSR count). The highest BCUT2D eigenvalue weighted by Gasteiger charge is 2.11. The second kappa shape index (κ2) is 9.89. The molecule has 0 spiro atoms. The quantitative estimate of drug-likeness (QED) is 0.519. The van der Waals surface area contributed by atoms with E-state index in [2.05, 4.69) is 48.1 Å². The normalized spacial score (nSPS) is 11.3. The van der Waals surface area contributed by atoms with Gasteiger partial charge in [-0.3, -0.25) is 10.1 Å². The van der Waals surface area contributed by atoms with Crippen molar-refractivity contribution in [3.63, 3.8) is 0 Å². The minimum absolute atomic E-state index is 0.147. The zero-order valence-corrected chi connectivity index (χ0v) is 16.9. The fourth-order valence-corrected chi connectivity index (χ4v) is 4.13. The van der Waals surface area contributed by atoms with E-state index >= 15 is 0 Å². The van der Waals surface area contributed by atoms with Crippen LogP contribution in [0.25, 0.3) is 0 Å². The standard InChI is InChI=1S/C18H26N4OS2/c1-5-22(6-2)11-12-24-18-21-20-17(25-18)19-16(23)15-9-7-14(8-10-15)13(3)4/h7-10,13H,5-6,11-12H2,1-4H3,(H,19,20,23). The lowest BCUT2D eigenvalue weighted by Crippen LogP contribution is -2.25. The number of hydrogen-bond donors (Lipinski definition) is 1. The lowest BCUT2D eigenvalue weighted by molar-refractivity contribution is 0.102. The molecule has 1 aromatic heterocycles. The summed E-state index contributed by atoms with van der Waals surface area (Å²) in [4.78, 5) is 14.7. The molecule has 1 heterocycles. The minimum atomic E-state index is -0.147. The molecule has 2 aromatic rings. The molecule has 0 bridgehead atoms.